The van der Waals surface area contributed by atoms with Crippen LogP contribution in [-0.4, -0.2) is 95.0 Å². The summed E-state index contributed by atoms with van der Waals surface area (Å²) in [5, 5.41) is 23.4. The lowest BCUT2D eigenvalue weighted by molar-refractivity contribution is -0.193. The van der Waals surface area contributed by atoms with Gasteiger partial charge in [-0.3, -0.25) is 4.90 Å². The van der Waals surface area contributed by atoms with E-state index in [-0.39, 0.29) is 5.54 Å². The maximum atomic E-state index is 10.6. The summed E-state index contributed by atoms with van der Waals surface area (Å²) in [6, 6.07) is 0. The van der Waals surface area contributed by atoms with E-state index in [1.807, 2.05) is 0 Å². The fraction of sp³-hybridized carbons (Fsp3) is 0.733. The Labute approximate surface area is 176 Å². The lowest BCUT2D eigenvalue weighted by Crippen LogP contribution is -2.60. The number of halogens is 6. The van der Waals surface area contributed by atoms with Crippen molar-refractivity contribution in [3.05, 3.63) is 5.51 Å². The Kier molecular flexibility index (Phi) is 9.44. The number of morpholine rings is 1. The molecule has 16 heteroatoms. The van der Waals surface area contributed by atoms with E-state index in [0.717, 1.165) is 50.8 Å². The van der Waals surface area contributed by atoms with Gasteiger partial charge in [-0.25, -0.2) is 9.59 Å². The lowest BCUT2D eigenvalue weighted by atomic mass is 9.86. The minimum Gasteiger partial charge on any atom is -0.475 e. The van der Waals surface area contributed by atoms with Crippen LogP contribution in [0.1, 0.15) is 12.8 Å². The maximum absolute atomic E-state index is 10.6. The first-order valence-corrected chi connectivity index (χ1v) is 9.47. The first-order valence-electron chi connectivity index (χ1n) is 8.59. The topological polar surface area (TPSA) is 116 Å². The number of hydrogen-bond acceptors (Lipinski definition) is 8. The van der Waals surface area contributed by atoms with Gasteiger partial charge in [-0.05, 0) is 19.9 Å². The SMILES string of the molecule is CN1CCOCC12CCN(c1nncs1)CC2.O=C(O)C(F)(F)F.O=C(O)C(F)(F)F. The molecule has 1 aromatic heterocycles. The van der Waals surface area contributed by atoms with E-state index in [2.05, 4.69) is 27.0 Å². The van der Waals surface area contributed by atoms with Gasteiger partial charge in [0.05, 0.1) is 13.2 Å². The van der Waals surface area contributed by atoms with Crippen LogP contribution in [0.2, 0.25) is 0 Å². The van der Waals surface area contributed by atoms with Crippen molar-refractivity contribution < 1.29 is 50.9 Å². The predicted molar refractivity (Wildman–Crippen MR) is 94.9 cm³/mol. The summed E-state index contributed by atoms with van der Waals surface area (Å²) in [5.74, 6) is -5.51. The number of carboxylic acid groups (broad SMARTS) is 2. The smallest absolute Gasteiger partial charge is 0.475 e. The monoisotopic (exact) mass is 482 g/mol. The van der Waals surface area contributed by atoms with Crippen molar-refractivity contribution >= 4 is 28.4 Å². The molecule has 3 heterocycles. The van der Waals surface area contributed by atoms with E-state index in [0.29, 0.717) is 0 Å². The van der Waals surface area contributed by atoms with E-state index in [1.165, 1.54) is 0 Å². The minimum absolute atomic E-state index is 0.263. The molecule has 2 N–H and O–H groups in total. The van der Waals surface area contributed by atoms with Crippen LogP contribution in [0.4, 0.5) is 31.5 Å². The second-order valence-electron chi connectivity index (χ2n) is 6.51. The van der Waals surface area contributed by atoms with Crippen LogP contribution in [0.3, 0.4) is 0 Å². The van der Waals surface area contributed by atoms with Crippen LogP contribution in [0.25, 0.3) is 0 Å². The molecule has 0 aliphatic carbocycles. The third-order valence-electron chi connectivity index (χ3n) is 4.55. The minimum atomic E-state index is -5.08. The highest BCUT2D eigenvalue weighted by Crippen LogP contribution is 2.32. The van der Waals surface area contributed by atoms with Crippen molar-refractivity contribution in [1.29, 1.82) is 0 Å². The molecular weight excluding hydrogens is 462 g/mol. The van der Waals surface area contributed by atoms with Gasteiger partial charge in [-0.15, -0.1) is 10.2 Å². The Morgan fingerprint density at radius 2 is 1.55 bits per heavy atom. The number of rotatable bonds is 1. The van der Waals surface area contributed by atoms with Crippen LogP contribution < -0.4 is 4.90 Å². The quantitative estimate of drug-likeness (QED) is 0.581. The summed E-state index contributed by atoms with van der Waals surface area (Å²) >= 11 is 1.62. The molecule has 2 aliphatic heterocycles. The molecule has 0 aromatic carbocycles. The van der Waals surface area contributed by atoms with Crippen molar-refractivity contribution in [3.8, 4) is 0 Å². The normalized spacial score (nSPS) is 19.0. The van der Waals surface area contributed by atoms with Crippen LogP contribution in [0.15, 0.2) is 5.51 Å². The molecule has 0 saturated carbocycles. The highest BCUT2D eigenvalue weighted by atomic mass is 32.1. The van der Waals surface area contributed by atoms with Gasteiger partial charge >= 0.3 is 24.3 Å². The number of piperidine rings is 1. The molecule has 2 aliphatic rings. The van der Waals surface area contributed by atoms with Crippen LogP contribution >= 0.6 is 11.3 Å². The molecule has 9 nitrogen and oxygen atoms in total. The van der Waals surface area contributed by atoms with Gasteiger partial charge in [0.25, 0.3) is 0 Å². The highest BCUT2D eigenvalue weighted by molar-refractivity contribution is 7.13. The number of ether oxygens (including phenoxy) is 1. The maximum Gasteiger partial charge on any atom is 0.490 e. The summed E-state index contributed by atoms with van der Waals surface area (Å²) in [4.78, 5) is 22.6. The van der Waals surface area contributed by atoms with Gasteiger partial charge in [0.2, 0.25) is 5.13 Å². The summed E-state index contributed by atoms with van der Waals surface area (Å²) in [6.45, 7) is 4.93. The molecule has 1 spiro atoms. The number of aliphatic carboxylic acids is 2. The lowest BCUT2D eigenvalue weighted by Gasteiger charge is -2.49. The molecular formula is C15H20F6N4O5S. The van der Waals surface area contributed by atoms with Gasteiger partial charge in [-0.2, -0.15) is 26.3 Å². The second kappa shape index (κ2) is 10.9. The molecule has 0 radical (unpaired) electrons. The van der Waals surface area contributed by atoms with Crippen molar-refractivity contribution in [2.75, 3.05) is 44.8 Å². The third-order valence-corrected chi connectivity index (χ3v) is 5.30. The number of aromatic nitrogens is 2. The summed E-state index contributed by atoms with van der Waals surface area (Å²) in [5.41, 5.74) is 2.06. The first-order chi connectivity index (χ1) is 14.2. The molecule has 1 aromatic rings. The van der Waals surface area contributed by atoms with E-state index in [1.54, 1.807) is 16.8 Å². The highest BCUT2D eigenvalue weighted by Gasteiger charge is 2.41. The zero-order valence-electron chi connectivity index (χ0n) is 16.1. The molecule has 3 rings (SSSR count). The molecule has 178 valence electrons. The zero-order valence-corrected chi connectivity index (χ0v) is 16.9. The Balaban J connectivity index is 0.000000288. The molecule has 0 amide bonds. The van der Waals surface area contributed by atoms with E-state index >= 15 is 0 Å². The molecule has 2 fully saturated rings. The number of alkyl halides is 6. The Hall–Kier alpha value is -2.20. The fourth-order valence-electron chi connectivity index (χ4n) is 2.76. The average Bonchev–Trinajstić information content (AvgIpc) is 3.19. The van der Waals surface area contributed by atoms with Crippen LogP contribution in [0.5, 0.6) is 0 Å². The number of hydrogen-bond donors (Lipinski definition) is 2. The Bertz CT molecular complexity index is 684. The Morgan fingerprint density at radius 3 is 1.90 bits per heavy atom. The van der Waals surface area contributed by atoms with Gasteiger partial charge in [0.1, 0.15) is 5.51 Å². The van der Waals surface area contributed by atoms with E-state index in [4.69, 9.17) is 24.5 Å². The summed E-state index contributed by atoms with van der Waals surface area (Å²) in [7, 11) is 2.23. The average molecular weight is 482 g/mol. The molecule has 31 heavy (non-hydrogen) atoms. The van der Waals surface area contributed by atoms with Gasteiger partial charge in [-0.1, -0.05) is 11.3 Å². The number of likely N-dealkylation sites (N-methyl/N-ethyl adjacent to an activating group) is 1. The predicted octanol–water partition coefficient (Wildman–Crippen LogP) is 2.11. The largest absolute Gasteiger partial charge is 0.490 e. The second-order valence-corrected chi connectivity index (χ2v) is 7.32. The molecule has 2 saturated heterocycles. The van der Waals surface area contributed by atoms with E-state index in [9.17, 15) is 26.3 Å². The molecule has 0 atom stereocenters. The fourth-order valence-corrected chi connectivity index (χ4v) is 3.37. The Morgan fingerprint density at radius 1 is 1.06 bits per heavy atom. The van der Waals surface area contributed by atoms with Crippen molar-refractivity contribution in [2.45, 2.75) is 30.7 Å². The van der Waals surface area contributed by atoms with Crippen LogP contribution in [-0.2, 0) is 14.3 Å². The van der Waals surface area contributed by atoms with Crippen molar-refractivity contribution in [2.24, 2.45) is 0 Å². The van der Waals surface area contributed by atoms with Crippen LogP contribution in [0, 0.1) is 0 Å². The van der Waals surface area contributed by atoms with Gasteiger partial charge < -0.3 is 19.8 Å². The van der Waals surface area contributed by atoms with Crippen molar-refractivity contribution in [1.82, 2.24) is 15.1 Å². The number of nitrogens with zero attached hydrogens (tertiary/aromatic N) is 4. The van der Waals surface area contributed by atoms with E-state index < -0.39 is 24.3 Å². The van der Waals surface area contributed by atoms with Gasteiger partial charge in [0, 0.05) is 25.2 Å². The van der Waals surface area contributed by atoms with Crippen molar-refractivity contribution in [3.63, 3.8) is 0 Å². The number of anilines is 1. The first kappa shape index (κ1) is 26.8. The summed E-state index contributed by atoms with van der Waals surface area (Å²) in [6.07, 6.45) is -7.86. The molecule has 0 unspecified atom stereocenters. The third kappa shape index (κ3) is 8.45. The number of carbonyl (C=O) groups is 2. The van der Waals surface area contributed by atoms with Gasteiger partial charge in [0.15, 0.2) is 0 Å². The molecule has 0 bridgehead atoms. The number of carboxylic acids is 2. The standard InChI is InChI=1S/C11H18N4OS.2C2HF3O2/c1-14-6-7-16-8-11(14)2-4-15(5-3-11)10-13-12-9-17-10;2*3-2(4,5)1(6)7/h9H,2-8H2,1H3;2*(H,6,7). The summed E-state index contributed by atoms with van der Waals surface area (Å²) < 4.78 is 69.1. The zero-order chi connectivity index (χ0) is 23.9.